The minimum Gasteiger partial charge on any atom is -0.497 e. The van der Waals surface area contributed by atoms with E-state index in [4.69, 9.17) is 14.2 Å². The number of halogens is 1. The summed E-state index contributed by atoms with van der Waals surface area (Å²) >= 11 is 0. The van der Waals surface area contributed by atoms with Crippen molar-refractivity contribution in [3.63, 3.8) is 0 Å². The second-order valence-corrected chi connectivity index (χ2v) is 5.23. The van der Waals surface area contributed by atoms with E-state index in [1.54, 1.807) is 21.3 Å². The molecule has 2 rings (SSSR count). The summed E-state index contributed by atoms with van der Waals surface area (Å²) in [6.45, 7) is 1.84. The van der Waals surface area contributed by atoms with Crippen LogP contribution in [0.5, 0.6) is 17.2 Å². The molecule has 0 amide bonds. The first kappa shape index (κ1) is 21.9. The third-order valence-electron chi connectivity index (χ3n) is 3.55. The molecule has 0 heterocycles. The highest BCUT2D eigenvalue weighted by Crippen LogP contribution is 2.18. The van der Waals surface area contributed by atoms with Crippen LogP contribution in [0.2, 0.25) is 0 Å². The SMILES string of the molecule is CN=C(NCCOc1cccc(OC)c1)NCc1ccc(OC)cc1.I. The predicted octanol–water partition coefficient (Wildman–Crippen LogP) is 3.07. The molecular formula is C19H26IN3O3. The van der Waals surface area contributed by atoms with E-state index in [0.29, 0.717) is 19.7 Å². The number of nitrogens with zero attached hydrogens (tertiary/aromatic N) is 1. The van der Waals surface area contributed by atoms with Crippen molar-refractivity contribution >= 4 is 29.9 Å². The molecule has 0 unspecified atom stereocenters. The van der Waals surface area contributed by atoms with E-state index in [-0.39, 0.29) is 24.0 Å². The molecule has 7 heteroatoms. The van der Waals surface area contributed by atoms with Crippen molar-refractivity contribution in [2.45, 2.75) is 6.54 Å². The quantitative estimate of drug-likeness (QED) is 0.268. The molecule has 0 atom stereocenters. The topological polar surface area (TPSA) is 64.1 Å². The smallest absolute Gasteiger partial charge is 0.191 e. The molecule has 0 aliphatic heterocycles. The van der Waals surface area contributed by atoms with Crippen LogP contribution >= 0.6 is 24.0 Å². The highest BCUT2D eigenvalue weighted by Gasteiger charge is 2.00. The summed E-state index contributed by atoms with van der Waals surface area (Å²) in [4.78, 5) is 4.20. The lowest BCUT2D eigenvalue weighted by atomic mass is 10.2. The minimum absolute atomic E-state index is 0. The average molecular weight is 471 g/mol. The molecule has 0 aliphatic rings. The van der Waals surface area contributed by atoms with Crippen molar-refractivity contribution in [3.05, 3.63) is 54.1 Å². The van der Waals surface area contributed by atoms with Gasteiger partial charge in [-0.05, 0) is 29.8 Å². The van der Waals surface area contributed by atoms with Gasteiger partial charge in [-0.1, -0.05) is 18.2 Å². The molecule has 0 bridgehead atoms. The summed E-state index contributed by atoms with van der Waals surface area (Å²) in [5, 5.41) is 6.48. The zero-order valence-corrected chi connectivity index (χ0v) is 17.7. The molecule has 142 valence electrons. The second kappa shape index (κ2) is 12.2. The lowest BCUT2D eigenvalue weighted by Crippen LogP contribution is -2.38. The van der Waals surface area contributed by atoms with Gasteiger partial charge in [0.1, 0.15) is 23.9 Å². The first-order valence-electron chi connectivity index (χ1n) is 8.09. The van der Waals surface area contributed by atoms with E-state index in [2.05, 4.69) is 15.6 Å². The van der Waals surface area contributed by atoms with Crippen molar-refractivity contribution in [2.24, 2.45) is 4.99 Å². The fourth-order valence-corrected chi connectivity index (χ4v) is 2.18. The molecule has 2 N–H and O–H groups in total. The van der Waals surface area contributed by atoms with E-state index < -0.39 is 0 Å². The Morgan fingerprint density at radius 1 is 0.923 bits per heavy atom. The Kier molecular flexibility index (Phi) is 10.3. The van der Waals surface area contributed by atoms with Crippen LogP contribution in [-0.4, -0.2) is 40.4 Å². The molecule has 0 saturated heterocycles. The molecule has 0 spiro atoms. The van der Waals surface area contributed by atoms with E-state index >= 15 is 0 Å². The number of benzene rings is 2. The number of hydrogen-bond acceptors (Lipinski definition) is 4. The van der Waals surface area contributed by atoms with Gasteiger partial charge < -0.3 is 24.8 Å². The molecule has 0 saturated carbocycles. The Balaban J connectivity index is 0.00000338. The maximum atomic E-state index is 5.69. The Morgan fingerprint density at radius 3 is 2.27 bits per heavy atom. The molecule has 0 aromatic heterocycles. The Morgan fingerprint density at radius 2 is 1.62 bits per heavy atom. The summed E-state index contributed by atoms with van der Waals surface area (Å²) in [5.41, 5.74) is 1.15. The number of ether oxygens (including phenoxy) is 3. The van der Waals surface area contributed by atoms with Gasteiger partial charge in [-0.15, -0.1) is 24.0 Å². The molecule has 2 aromatic carbocycles. The normalized spacial score (nSPS) is 10.5. The van der Waals surface area contributed by atoms with Gasteiger partial charge in [-0.2, -0.15) is 0 Å². The lowest BCUT2D eigenvalue weighted by Gasteiger charge is -2.13. The van der Waals surface area contributed by atoms with Crippen molar-refractivity contribution in [1.82, 2.24) is 10.6 Å². The largest absolute Gasteiger partial charge is 0.497 e. The van der Waals surface area contributed by atoms with Gasteiger partial charge in [-0.3, -0.25) is 4.99 Å². The number of hydrogen-bond donors (Lipinski definition) is 2. The van der Waals surface area contributed by atoms with Gasteiger partial charge in [0, 0.05) is 19.7 Å². The van der Waals surface area contributed by atoms with Gasteiger partial charge in [0.15, 0.2) is 5.96 Å². The molecule has 0 fully saturated rings. The standard InChI is InChI=1S/C19H25N3O3.HI/c1-20-19(22-14-15-7-9-16(23-2)10-8-15)21-11-12-25-18-6-4-5-17(13-18)24-3;/h4-10,13H,11-12,14H2,1-3H3,(H2,20,21,22);1H. The highest BCUT2D eigenvalue weighted by molar-refractivity contribution is 14.0. The van der Waals surface area contributed by atoms with Gasteiger partial charge >= 0.3 is 0 Å². The number of guanidine groups is 1. The molecule has 6 nitrogen and oxygen atoms in total. The van der Waals surface area contributed by atoms with Crippen LogP contribution in [0.15, 0.2) is 53.5 Å². The zero-order valence-electron chi connectivity index (χ0n) is 15.3. The van der Waals surface area contributed by atoms with Crippen LogP contribution in [0.3, 0.4) is 0 Å². The summed E-state index contributed by atoms with van der Waals surface area (Å²) in [7, 11) is 5.04. The van der Waals surface area contributed by atoms with Gasteiger partial charge in [0.05, 0.1) is 20.8 Å². The fourth-order valence-electron chi connectivity index (χ4n) is 2.18. The number of methoxy groups -OCH3 is 2. The molecular weight excluding hydrogens is 445 g/mol. The monoisotopic (exact) mass is 471 g/mol. The van der Waals surface area contributed by atoms with Crippen LogP contribution in [0.4, 0.5) is 0 Å². The third-order valence-corrected chi connectivity index (χ3v) is 3.55. The summed E-state index contributed by atoms with van der Waals surface area (Å²) in [6, 6.07) is 15.5. The third kappa shape index (κ3) is 7.38. The minimum atomic E-state index is 0. The zero-order chi connectivity index (χ0) is 17.9. The summed E-state index contributed by atoms with van der Waals surface area (Å²) < 4.78 is 16.0. The van der Waals surface area contributed by atoms with Crippen LogP contribution in [-0.2, 0) is 6.54 Å². The van der Waals surface area contributed by atoms with E-state index in [9.17, 15) is 0 Å². The van der Waals surface area contributed by atoms with E-state index in [0.717, 1.165) is 28.8 Å². The Bertz CT molecular complexity index is 678. The van der Waals surface area contributed by atoms with Crippen LogP contribution in [0, 0.1) is 0 Å². The van der Waals surface area contributed by atoms with Gasteiger partial charge in [-0.25, -0.2) is 0 Å². The van der Waals surface area contributed by atoms with Crippen molar-refractivity contribution < 1.29 is 14.2 Å². The average Bonchev–Trinajstić information content (AvgIpc) is 2.68. The Labute approximate surface area is 172 Å². The van der Waals surface area contributed by atoms with Crippen molar-refractivity contribution in [3.8, 4) is 17.2 Å². The highest BCUT2D eigenvalue weighted by atomic mass is 127. The van der Waals surface area contributed by atoms with Gasteiger partial charge in [0.2, 0.25) is 0 Å². The lowest BCUT2D eigenvalue weighted by molar-refractivity contribution is 0.319. The van der Waals surface area contributed by atoms with E-state index in [1.807, 2.05) is 48.5 Å². The molecule has 2 aromatic rings. The molecule has 0 aliphatic carbocycles. The van der Waals surface area contributed by atoms with E-state index in [1.165, 1.54) is 0 Å². The molecule has 0 radical (unpaired) electrons. The van der Waals surface area contributed by atoms with Crippen molar-refractivity contribution in [2.75, 3.05) is 34.4 Å². The summed E-state index contributed by atoms with van der Waals surface area (Å²) in [6.07, 6.45) is 0. The Hall–Kier alpha value is -2.16. The van der Waals surface area contributed by atoms with Crippen LogP contribution < -0.4 is 24.8 Å². The number of nitrogens with one attached hydrogen (secondary N) is 2. The molecule has 26 heavy (non-hydrogen) atoms. The van der Waals surface area contributed by atoms with Crippen LogP contribution in [0.1, 0.15) is 5.56 Å². The second-order valence-electron chi connectivity index (χ2n) is 5.23. The first-order valence-corrected chi connectivity index (χ1v) is 8.09. The fraction of sp³-hybridized carbons (Fsp3) is 0.316. The maximum absolute atomic E-state index is 5.69. The first-order chi connectivity index (χ1) is 12.2. The van der Waals surface area contributed by atoms with Gasteiger partial charge in [0.25, 0.3) is 0 Å². The predicted molar refractivity (Wildman–Crippen MR) is 115 cm³/mol. The number of rotatable bonds is 8. The van der Waals surface area contributed by atoms with Crippen LogP contribution in [0.25, 0.3) is 0 Å². The number of aliphatic imine (C=N–C) groups is 1. The van der Waals surface area contributed by atoms with Crippen molar-refractivity contribution in [1.29, 1.82) is 0 Å². The summed E-state index contributed by atoms with van der Waals surface area (Å²) in [5.74, 6) is 3.13. The maximum Gasteiger partial charge on any atom is 0.191 e.